The Kier molecular flexibility index (Phi) is 5.20. The van der Waals surface area contributed by atoms with Gasteiger partial charge in [-0.25, -0.2) is 0 Å². The molecule has 0 fully saturated rings. The summed E-state index contributed by atoms with van der Waals surface area (Å²) in [5, 5.41) is 9.38. The predicted octanol–water partition coefficient (Wildman–Crippen LogP) is 9.95. The lowest BCUT2D eigenvalue weighted by atomic mass is 9.98. The van der Waals surface area contributed by atoms with Crippen molar-refractivity contribution >= 4 is 55.7 Å². The van der Waals surface area contributed by atoms with E-state index in [1.54, 1.807) is 0 Å². The van der Waals surface area contributed by atoms with E-state index >= 15 is 0 Å². The molecule has 1 aromatic heterocycles. The number of nitrogens with zero attached hydrogens (tertiary/aromatic N) is 1. The Hall–Kier alpha value is -5.28. The van der Waals surface area contributed by atoms with E-state index in [0.29, 0.717) is 0 Å². The van der Waals surface area contributed by atoms with E-state index in [1.807, 2.05) is 12.3 Å². The smallest absolute Gasteiger partial charge is 0.159 e. The van der Waals surface area contributed by atoms with E-state index in [9.17, 15) is 0 Å². The largest absolute Gasteiger partial charge is 0.454 e. The van der Waals surface area contributed by atoms with Crippen LogP contribution >= 0.6 is 0 Å². The van der Waals surface area contributed by atoms with Crippen molar-refractivity contribution in [3.8, 4) is 11.1 Å². The van der Waals surface area contributed by atoms with E-state index in [0.717, 1.165) is 40.3 Å². The molecule has 3 nitrogen and oxygen atoms in total. The van der Waals surface area contributed by atoms with E-state index in [4.69, 9.17) is 4.42 Å². The maximum atomic E-state index is 6.57. The third kappa shape index (κ3) is 3.59. The third-order valence-corrected chi connectivity index (χ3v) is 7.92. The minimum atomic E-state index is 0.757. The highest BCUT2D eigenvalue weighted by Crippen LogP contribution is 2.46. The highest BCUT2D eigenvalue weighted by Gasteiger charge is 2.23. The monoisotopic (exact) mass is 514 g/mol. The molecule has 0 spiro atoms. The zero-order valence-corrected chi connectivity index (χ0v) is 21.8. The van der Waals surface area contributed by atoms with Crippen molar-refractivity contribution in [1.29, 1.82) is 0 Å². The lowest BCUT2D eigenvalue weighted by molar-refractivity contribution is 0.592. The van der Waals surface area contributed by atoms with Gasteiger partial charge in [-0.15, -0.1) is 0 Å². The van der Waals surface area contributed by atoms with Gasteiger partial charge in [0.05, 0.1) is 11.4 Å². The SMILES string of the molecule is C1=Cc2oc3c(N(c4ccc(-c5ccccc5)cc4)c4cc5ccccc5c5ccccc45)cccc3c2CN1. The van der Waals surface area contributed by atoms with Crippen LogP contribution in [0, 0.1) is 0 Å². The Balaban J connectivity index is 1.41. The number of para-hydroxylation sites is 1. The lowest BCUT2D eigenvalue weighted by Crippen LogP contribution is -2.11. The van der Waals surface area contributed by atoms with Crippen molar-refractivity contribution < 1.29 is 4.42 Å². The van der Waals surface area contributed by atoms with Gasteiger partial charge in [0, 0.05) is 34.8 Å². The second-order valence-corrected chi connectivity index (χ2v) is 10.2. The third-order valence-electron chi connectivity index (χ3n) is 7.92. The highest BCUT2D eigenvalue weighted by molar-refractivity contribution is 6.15. The van der Waals surface area contributed by atoms with Crippen LogP contribution in [0.25, 0.3) is 49.7 Å². The van der Waals surface area contributed by atoms with E-state index in [1.165, 1.54) is 38.2 Å². The quantitative estimate of drug-likeness (QED) is 0.237. The Morgan fingerprint density at radius 1 is 0.575 bits per heavy atom. The molecule has 6 aromatic carbocycles. The normalized spacial score (nSPS) is 12.5. The van der Waals surface area contributed by atoms with Crippen LogP contribution in [0.2, 0.25) is 0 Å². The van der Waals surface area contributed by atoms with Crippen molar-refractivity contribution in [2.45, 2.75) is 6.54 Å². The Morgan fingerprint density at radius 2 is 1.27 bits per heavy atom. The molecule has 1 aliphatic heterocycles. The van der Waals surface area contributed by atoms with E-state index in [2.05, 4.69) is 138 Å². The molecule has 3 heteroatoms. The summed E-state index contributed by atoms with van der Waals surface area (Å²) >= 11 is 0. The lowest BCUT2D eigenvalue weighted by Gasteiger charge is -2.28. The molecule has 7 aromatic rings. The zero-order chi connectivity index (χ0) is 26.5. The molecule has 2 heterocycles. The second kappa shape index (κ2) is 9.18. The van der Waals surface area contributed by atoms with Crippen LogP contribution in [0.1, 0.15) is 11.3 Å². The van der Waals surface area contributed by atoms with Crippen LogP contribution in [0.15, 0.2) is 138 Å². The highest BCUT2D eigenvalue weighted by atomic mass is 16.3. The fraction of sp³-hybridized carbons (Fsp3) is 0.0270. The van der Waals surface area contributed by atoms with Gasteiger partial charge in [-0.3, -0.25) is 0 Å². The average Bonchev–Trinajstić information content (AvgIpc) is 3.42. The summed E-state index contributed by atoms with van der Waals surface area (Å²) in [7, 11) is 0. The first kappa shape index (κ1) is 22.7. The van der Waals surface area contributed by atoms with Crippen LogP contribution in [0.3, 0.4) is 0 Å². The van der Waals surface area contributed by atoms with Gasteiger partial charge >= 0.3 is 0 Å². The molecule has 8 rings (SSSR count). The maximum absolute atomic E-state index is 6.57. The van der Waals surface area contributed by atoms with Crippen molar-refractivity contribution in [2.75, 3.05) is 4.90 Å². The Labute approximate surface area is 232 Å². The minimum absolute atomic E-state index is 0.757. The number of furan rings is 1. The van der Waals surface area contributed by atoms with E-state index < -0.39 is 0 Å². The number of hydrogen-bond donors (Lipinski definition) is 1. The summed E-state index contributed by atoms with van der Waals surface area (Å²) in [6.07, 6.45) is 3.98. The molecule has 0 aliphatic carbocycles. The van der Waals surface area contributed by atoms with Crippen LogP contribution < -0.4 is 10.2 Å². The average molecular weight is 515 g/mol. The van der Waals surface area contributed by atoms with Gasteiger partial charge in [0.1, 0.15) is 5.76 Å². The molecule has 0 saturated heterocycles. The fourth-order valence-corrected chi connectivity index (χ4v) is 6.02. The number of hydrogen-bond acceptors (Lipinski definition) is 3. The summed E-state index contributed by atoms with van der Waals surface area (Å²) in [6.45, 7) is 0.757. The number of benzene rings is 6. The summed E-state index contributed by atoms with van der Waals surface area (Å²) in [6, 6.07) is 45.5. The van der Waals surface area contributed by atoms with Crippen molar-refractivity contribution in [2.24, 2.45) is 0 Å². The maximum Gasteiger partial charge on any atom is 0.159 e. The van der Waals surface area contributed by atoms with Gasteiger partial charge in [-0.05, 0) is 57.6 Å². The molecule has 190 valence electrons. The first-order valence-electron chi connectivity index (χ1n) is 13.7. The number of rotatable bonds is 4. The van der Waals surface area contributed by atoms with Gasteiger partial charge in [0.25, 0.3) is 0 Å². The van der Waals surface area contributed by atoms with Gasteiger partial charge < -0.3 is 14.6 Å². The summed E-state index contributed by atoms with van der Waals surface area (Å²) in [4.78, 5) is 2.36. The fourth-order valence-electron chi connectivity index (χ4n) is 6.02. The van der Waals surface area contributed by atoms with Crippen LogP contribution in [0.4, 0.5) is 17.1 Å². The molecule has 0 amide bonds. The molecule has 0 unspecified atom stereocenters. The van der Waals surface area contributed by atoms with Crippen LogP contribution in [-0.2, 0) is 6.54 Å². The molecule has 1 N–H and O–H groups in total. The van der Waals surface area contributed by atoms with Crippen molar-refractivity contribution in [3.63, 3.8) is 0 Å². The molecule has 0 bridgehead atoms. The minimum Gasteiger partial charge on any atom is -0.454 e. The summed E-state index contributed by atoms with van der Waals surface area (Å²) in [5.41, 5.74) is 7.71. The van der Waals surface area contributed by atoms with Crippen molar-refractivity contribution in [1.82, 2.24) is 5.32 Å². The molecule has 0 atom stereocenters. The van der Waals surface area contributed by atoms with Gasteiger partial charge in [0.2, 0.25) is 0 Å². The topological polar surface area (TPSA) is 28.4 Å². The first-order chi connectivity index (χ1) is 19.8. The standard InChI is InChI=1S/C37H26N2O/c1-2-9-25(10-3-1)26-17-19-28(20-18-26)39(34-16-8-15-32-33-24-38-22-21-36(33)40-37(32)34)35-23-27-11-4-5-12-29(27)30-13-6-7-14-31(30)35/h1-23,38H,24H2. The Morgan fingerprint density at radius 3 is 2.12 bits per heavy atom. The predicted molar refractivity (Wildman–Crippen MR) is 167 cm³/mol. The van der Waals surface area contributed by atoms with Gasteiger partial charge in [-0.2, -0.15) is 0 Å². The number of nitrogens with one attached hydrogen (secondary N) is 1. The van der Waals surface area contributed by atoms with Crippen LogP contribution in [-0.4, -0.2) is 0 Å². The Bertz CT molecular complexity index is 2050. The summed E-state index contributed by atoms with van der Waals surface area (Å²) in [5.74, 6) is 0.920. The second-order valence-electron chi connectivity index (χ2n) is 10.2. The molecule has 0 saturated carbocycles. The van der Waals surface area contributed by atoms with Gasteiger partial charge in [-0.1, -0.05) is 103 Å². The molecule has 1 aliphatic rings. The van der Waals surface area contributed by atoms with Crippen LogP contribution in [0.5, 0.6) is 0 Å². The molecular weight excluding hydrogens is 488 g/mol. The zero-order valence-electron chi connectivity index (χ0n) is 21.8. The number of fused-ring (bicyclic) bond motifs is 6. The van der Waals surface area contributed by atoms with Gasteiger partial charge in [0.15, 0.2) is 5.58 Å². The first-order valence-corrected chi connectivity index (χ1v) is 13.7. The molecule has 0 radical (unpaired) electrons. The molecule has 40 heavy (non-hydrogen) atoms. The summed E-state index contributed by atoms with van der Waals surface area (Å²) < 4.78 is 6.57. The molecular formula is C37H26N2O. The van der Waals surface area contributed by atoms with E-state index in [-0.39, 0.29) is 0 Å². The number of anilines is 3. The van der Waals surface area contributed by atoms with Crippen molar-refractivity contribution in [3.05, 3.63) is 145 Å².